The van der Waals surface area contributed by atoms with Crippen LogP contribution >= 0.6 is 0 Å². The Morgan fingerprint density at radius 2 is 2.17 bits per heavy atom. The van der Waals surface area contributed by atoms with Crippen LogP contribution < -0.4 is 0 Å². The molecule has 0 atom stereocenters. The summed E-state index contributed by atoms with van der Waals surface area (Å²) in [6.07, 6.45) is 2.71. The summed E-state index contributed by atoms with van der Waals surface area (Å²) < 4.78 is 9.67. The highest BCUT2D eigenvalue weighted by Crippen LogP contribution is 1.95. The smallest absolute Gasteiger partial charge is 0.333 e. The fourth-order valence-electron chi connectivity index (χ4n) is 0.656. The Kier molecular flexibility index (Phi) is 6.38. The maximum atomic E-state index is 10.8. The quantitative estimate of drug-likeness (QED) is 0.358. The van der Waals surface area contributed by atoms with E-state index >= 15 is 0 Å². The molecule has 0 bridgehead atoms. The topological polar surface area (TPSA) is 35.5 Å². The molecular weight excluding hydrogens is 156 g/mol. The van der Waals surface area contributed by atoms with Crippen LogP contribution in [0.15, 0.2) is 11.6 Å². The number of methoxy groups -OCH3 is 1. The molecule has 0 fully saturated rings. The molecule has 0 rings (SSSR count). The molecule has 0 amide bonds. The lowest BCUT2D eigenvalue weighted by atomic mass is 10.3. The molecule has 0 unspecified atom stereocenters. The Morgan fingerprint density at radius 3 is 2.67 bits per heavy atom. The maximum Gasteiger partial charge on any atom is 0.333 e. The monoisotopic (exact) mass is 172 g/mol. The molecule has 3 heteroatoms. The summed E-state index contributed by atoms with van der Waals surface area (Å²) in [6, 6.07) is 0. The first-order valence-corrected chi connectivity index (χ1v) is 4.05. The summed E-state index contributed by atoms with van der Waals surface area (Å²) in [4.78, 5) is 10.8. The minimum Gasteiger partial charge on any atom is -0.466 e. The van der Waals surface area contributed by atoms with Crippen molar-refractivity contribution in [3.05, 3.63) is 11.6 Å². The molecule has 0 radical (unpaired) electrons. The molecule has 0 saturated carbocycles. The molecule has 0 aromatic carbocycles. The van der Waals surface area contributed by atoms with Gasteiger partial charge in [-0.2, -0.15) is 0 Å². The van der Waals surface area contributed by atoms with E-state index in [0.717, 1.165) is 13.0 Å². The minimum absolute atomic E-state index is 0.296. The molecule has 3 nitrogen and oxygen atoms in total. The molecule has 0 aromatic rings. The third kappa shape index (κ3) is 4.91. The third-order valence-electron chi connectivity index (χ3n) is 1.36. The van der Waals surface area contributed by atoms with Crippen molar-refractivity contribution >= 4 is 5.97 Å². The normalized spacial score (nSPS) is 11.4. The Balaban J connectivity index is 3.61. The van der Waals surface area contributed by atoms with Crippen molar-refractivity contribution in [1.29, 1.82) is 0 Å². The van der Waals surface area contributed by atoms with Crippen molar-refractivity contribution in [2.75, 3.05) is 20.3 Å². The van der Waals surface area contributed by atoms with Gasteiger partial charge in [-0.3, -0.25) is 0 Å². The number of hydrogen-bond donors (Lipinski definition) is 0. The average molecular weight is 172 g/mol. The van der Waals surface area contributed by atoms with Gasteiger partial charge >= 0.3 is 5.97 Å². The predicted octanol–water partition coefficient (Wildman–Crippen LogP) is 1.53. The van der Waals surface area contributed by atoms with Crippen LogP contribution in [0.5, 0.6) is 0 Å². The first-order chi connectivity index (χ1) is 5.72. The third-order valence-corrected chi connectivity index (χ3v) is 1.36. The second-order valence-electron chi connectivity index (χ2n) is 2.45. The summed E-state index contributed by atoms with van der Waals surface area (Å²) in [6.45, 7) is 4.96. The molecule has 0 aliphatic rings. The molecule has 0 saturated heterocycles. The van der Waals surface area contributed by atoms with Gasteiger partial charge in [0.05, 0.1) is 13.7 Å². The zero-order chi connectivity index (χ0) is 9.40. The van der Waals surface area contributed by atoms with Crippen molar-refractivity contribution in [3.8, 4) is 0 Å². The van der Waals surface area contributed by atoms with E-state index in [-0.39, 0.29) is 5.97 Å². The molecule has 0 aliphatic heterocycles. The number of rotatable bonds is 5. The second kappa shape index (κ2) is 6.85. The van der Waals surface area contributed by atoms with Gasteiger partial charge in [-0.1, -0.05) is 6.92 Å². The molecule has 70 valence electrons. The maximum absolute atomic E-state index is 10.8. The van der Waals surface area contributed by atoms with Gasteiger partial charge < -0.3 is 9.47 Å². The van der Waals surface area contributed by atoms with Gasteiger partial charge in [0, 0.05) is 12.2 Å². The highest BCUT2D eigenvalue weighted by atomic mass is 16.5. The summed E-state index contributed by atoms with van der Waals surface area (Å²) in [5.74, 6) is -0.296. The van der Waals surface area contributed by atoms with Gasteiger partial charge in [0.1, 0.15) is 0 Å². The van der Waals surface area contributed by atoms with Crippen molar-refractivity contribution in [2.24, 2.45) is 0 Å². The van der Waals surface area contributed by atoms with Crippen LogP contribution in [-0.2, 0) is 14.3 Å². The SMILES string of the molecule is CCCOCC=C(C)C(=O)OC. The fourth-order valence-corrected chi connectivity index (χ4v) is 0.656. The lowest BCUT2D eigenvalue weighted by Gasteiger charge is -1.99. The Labute approximate surface area is 73.4 Å². The number of esters is 1. The molecule has 0 N–H and O–H groups in total. The fraction of sp³-hybridized carbons (Fsp3) is 0.667. The van der Waals surface area contributed by atoms with Crippen molar-refractivity contribution < 1.29 is 14.3 Å². The van der Waals surface area contributed by atoms with Gasteiger partial charge in [-0.05, 0) is 19.4 Å². The molecule has 12 heavy (non-hydrogen) atoms. The van der Waals surface area contributed by atoms with Gasteiger partial charge in [0.15, 0.2) is 0 Å². The van der Waals surface area contributed by atoms with Crippen LogP contribution in [0.2, 0.25) is 0 Å². The zero-order valence-electron chi connectivity index (χ0n) is 7.92. The molecule has 0 spiro atoms. The van der Waals surface area contributed by atoms with Crippen LogP contribution in [0.25, 0.3) is 0 Å². The number of ether oxygens (including phenoxy) is 2. The van der Waals surface area contributed by atoms with Gasteiger partial charge in [0.2, 0.25) is 0 Å². The molecule has 0 aromatic heterocycles. The first-order valence-electron chi connectivity index (χ1n) is 4.05. The van der Waals surface area contributed by atoms with Gasteiger partial charge in [-0.25, -0.2) is 4.79 Å². The van der Waals surface area contributed by atoms with Crippen LogP contribution in [0.4, 0.5) is 0 Å². The van der Waals surface area contributed by atoms with Crippen LogP contribution in [0.3, 0.4) is 0 Å². The van der Waals surface area contributed by atoms with Gasteiger partial charge in [-0.15, -0.1) is 0 Å². The standard InChI is InChI=1S/C9H16O3/c1-4-6-12-7-5-8(2)9(10)11-3/h5H,4,6-7H2,1-3H3. The summed E-state index contributed by atoms with van der Waals surface area (Å²) in [5.41, 5.74) is 0.591. The Hall–Kier alpha value is -0.830. The lowest BCUT2D eigenvalue weighted by Crippen LogP contribution is -2.03. The van der Waals surface area contributed by atoms with Gasteiger partial charge in [0.25, 0.3) is 0 Å². The van der Waals surface area contributed by atoms with E-state index in [2.05, 4.69) is 4.74 Å². The van der Waals surface area contributed by atoms with E-state index in [1.54, 1.807) is 13.0 Å². The van der Waals surface area contributed by atoms with E-state index in [4.69, 9.17) is 4.74 Å². The highest BCUT2D eigenvalue weighted by molar-refractivity contribution is 5.87. The zero-order valence-corrected chi connectivity index (χ0v) is 7.92. The predicted molar refractivity (Wildman–Crippen MR) is 46.9 cm³/mol. The largest absolute Gasteiger partial charge is 0.466 e. The van der Waals surface area contributed by atoms with E-state index in [1.165, 1.54) is 7.11 Å². The molecule has 0 aliphatic carbocycles. The van der Waals surface area contributed by atoms with Crippen molar-refractivity contribution in [3.63, 3.8) is 0 Å². The van der Waals surface area contributed by atoms with Crippen LogP contribution in [0.1, 0.15) is 20.3 Å². The molecular formula is C9H16O3. The molecule has 0 heterocycles. The Bertz CT molecular complexity index is 161. The minimum atomic E-state index is -0.296. The second-order valence-corrected chi connectivity index (χ2v) is 2.45. The van der Waals surface area contributed by atoms with Crippen molar-refractivity contribution in [1.82, 2.24) is 0 Å². The lowest BCUT2D eigenvalue weighted by molar-refractivity contribution is -0.136. The number of hydrogen-bond acceptors (Lipinski definition) is 3. The number of carbonyl (C=O) groups excluding carboxylic acids is 1. The van der Waals surface area contributed by atoms with E-state index in [9.17, 15) is 4.79 Å². The summed E-state index contributed by atoms with van der Waals surface area (Å²) >= 11 is 0. The first kappa shape index (κ1) is 11.2. The highest BCUT2D eigenvalue weighted by Gasteiger charge is 2.00. The van der Waals surface area contributed by atoms with Crippen LogP contribution in [0, 0.1) is 0 Å². The summed E-state index contributed by atoms with van der Waals surface area (Å²) in [7, 11) is 1.37. The van der Waals surface area contributed by atoms with E-state index < -0.39 is 0 Å². The average Bonchev–Trinajstić information content (AvgIpc) is 2.10. The van der Waals surface area contributed by atoms with E-state index in [1.807, 2.05) is 6.92 Å². The summed E-state index contributed by atoms with van der Waals surface area (Å²) in [5, 5.41) is 0. The van der Waals surface area contributed by atoms with Crippen molar-refractivity contribution in [2.45, 2.75) is 20.3 Å². The Morgan fingerprint density at radius 1 is 1.50 bits per heavy atom. The number of carbonyl (C=O) groups is 1. The van der Waals surface area contributed by atoms with E-state index in [0.29, 0.717) is 12.2 Å². The van der Waals surface area contributed by atoms with Crippen LogP contribution in [-0.4, -0.2) is 26.3 Å².